The molecule has 0 unspecified atom stereocenters. The quantitative estimate of drug-likeness (QED) is 0.439. The van der Waals surface area contributed by atoms with E-state index in [0.29, 0.717) is 30.1 Å². The van der Waals surface area contributed by atoms with E-state index in [1.165, 1.54) is 0 Å². The van der Waals surface area contributed by atoms with Crippen LogP contribution in [0.4, 0.5) is 0 Å². The van der Waals surface area contributed by atoms with Gasteiger partial charge in [-0.2, -0.15) is 0 Å². The van der Waals surface area contributed by atoms with Crippen LogP contribution in [0.25, 0.3) is 11.1 Å². The Labute approximate surface area is 202 Å². The molecular weight excluding hydrogens is 430 g/mol. The second-order valence-corrected chi connectivity index (χ2v) is 9.16. The zero-order valence-corrected chi connectivity index (χ0v) is 20.9. The lowest BCUT2D eigenvalue weighted by molar-refractivity contribution is -0.125. The van der Waals surface area contributed by atoms with Gasteiger partial charge in [-0.1, -0.05) is 44.2 Å². The number of carbonyl (C=O) groups excluding carboxylic acids is 3. The largest absolute Gasteiger partial charge is 0.483 e. The summed E-state index contributed by atoms with van der Waals surface area (Å²) >= 11 is 0. The van der Waals surface area contributed by atoms with Gasteiger partial charge in [-0.15, -0.1) is 0 Å². The maximum atomic E-state index is 12.5. The van der Waals surface area contributed by atoms with Crippen LogP contribution in [0.15, 0.2) is 42.5 Å². The zero-order valence-electron chi connectivity index (χ0n) is 20.9. The molecule has 0 heterocycles. The SMILES string of the molecule is CNC(=O)CC[C@H](CC(C)C)NC(=O)COc1ccc(-c2ccccc2CN(C)C)cc1C=O. The lowest BCUT2D eigenvalue weighted by atomic mass is 9.97. The highest BCUT2D eigenvalue weighted by molar-refractivity contribution is 5.84. The number of hydrogen-bond acceptors (Lipinski definition) is 5. The molecule has 0 saturated heterocycles. The van der Waals surface area contributed by atoms with E-state index in [4.69, 9.17) is 4.74 Å². The van der Waals surface area contributed by atoms with Gasteiger partial charge in [0, 0.05) is 26.1 Å². The molecule has 2 aromatic rings. The lowest BCUT2D eigenvalue weighted by Gasteiger charge is -2.21. The van der Waals surface area contributed by atoms with E-state index in [0.717, 1.165) is 35.9 Å². The Kier molecular flexibility index (Phi) is 10.7. The van der Waals surface area contributed by atoms with Gasteiger partial charge in [0.05, 0.1) is 5.56 Å². The van der Waals surface area contributed by atoms with E-state index in [2.05, 4.69) is 35.4 Å². The fraction of sp³-hybridized carbons (Fsp3) is 0.444. The van der Waals surface area contributed by atoms with Crippen molar-refractivity contribution >= 4 is 18.1 Å². The summed E-state index contributed by atoms with van der Waals surface area (Å²) in [7, 11) is 5.63. The van der Waals surface area contributed by atoms with Crippen molar-refractivity contribution in [3.05, 3.63) is 53.6 Å². The summed E-state index contributed by atoms with van der Waals surface area (Å²) in [5, 5.41) is 5.56. The average Bonchev–Trinajstić information content (AvgIpc) is 2.80. The molecule has 0 aromatic heterocycles. The van der Waals surface area contributed by atoms with E-state index in [1.807, 2.05) is 38.4 Å². The highest BCUT2D eigenvalue weighted by Crippen LogP contribution is 2.29. The number of amides is 2. The number of benzene rings is 2. The zero-order chi connectivity index (χ0) is 25.1. The smallest absolute Gasteiger partial charge is 0.258 e. The minimum Gasteiger partial charge on any atom is -0.483 e. The molecule has 1 atom stereocenters. The monoisotopic (exact) mass is 467 g/mol. The molecule has 0 bridgehead atoms. The molecule has 34 heavy (non-hydrogen) atoms. The Hall–Kier alpha value is -3.19. The summed E-state index contributed by atoms with van der Waals surface area (Å²) in [6.07, 6.45) is 2.42. The molecular formula is C27H37N3O4. The minimum atomic E-state index is -0.278. The summed E-state index contributed by atoms with van der Waals surface area (Å²) in [6.45, 7) is 4.72. The molecule has 0 radical (unpaired) electrons. The van der Waals surface area contributed by atoms with Crippen LogP contribution >= 0.6 is 0 Å². The van der Waals surface area contributed by atoms with E-state index in [9.17, 15) is 14.4 Å². The van der Waals surface area contributed by atoms with Crippen LogP contribution in [0.2, 0.25) is 0 Å². The summed E-state index contributed by atoms with van der Waals surface area (Å²) in [5.41, 5.74) is 3.52. The topological polar surface area (TPSA) is 87.7 Å². The Balaban J connectivity index is 2.07. The maximum absolute atomic E-state index is 12.5. The summed E-state index contributed by atoms with van der Waals surface area (Å²) in [6, 6.07) is 13.4. The lowest BCUT2D eigenvalue weighted by Crippen LogP contribution is -2.39. The van der Waals surface area contributed by atoms with Crippen LogP contribution in [0, 0.1) is 5.92 Å². The van der Waals surface area contributed by atoms with Crippen LogP contribution in [0.1, 0.15) is 49.0 Å². The van der Waals surface area contributed by atoms with Gasteiger partial charge in [-0.05, 0) is 61.7 Å². The van der Waals surface area contributed by atoms with Gasteiger partial charge in [0.25, 0.3) is 5.91 Å². The van der Waals surface area contributed by atoms with Crippen molar-refractivity contribution in [1.29, 1.82) is 0 Å². The van der Waals surface area contributed by atoms with E-state index >= 15 is 0 Å². The molecule has 2 rings (SSSR count). The van der Waals surface area contributed by atoms with Crippen molar-refractivity contribution in [2.24, 2.45) is 5.92 Å². The van der Waals surface area contributed by atoms with Crippen molar-refractivity contribution in [3.63, 3.8) is 0 Å². The van der Waals surface area contributed by atoms with Gasteiger partial charge in [0.2, 0.25) is 5.91 Å². The molecule has 184 valence electrons. The molecule has 7 nitrogen and oxygen atoms in total. The number of ether oxygens (including phenoxy) is 1. The van der Waals surface area contributed by atoms with Crippen LogP contribution in [-0.2, 0) is 16.1 Å². The normalized spacial score (nSPS) is 11.9. The van der Waals surface area contributed by atoms with E-state index in [-0.39, 0.29) is 24.5 Å². The van der Waals surface area contributed by atoms with E-state index < -0.39 is 0 Å². The first-order chi connectivity index (χ1) is 16.2. The van der Waals surface area contributed by atoms with Crippen molar-refractivity contribution < 1.29 is 19.1 Å². The van der Waals surface area contributed by atoms with Crippen molar-refractivity contribution in [3.8, 4) is 16.9 Å². The Bertz CT molecular complexity index is 972. The third-order valence-corrected chi connectivity index (χ3v) is 5.43. The fourth-order valence-electron chi connectivity index (χ4n) is 3.88. The number of aldehydes is 1. The first kappa shape index (κ1) is 27.1. The van der Waals surface area contributed by atoms with Gasteiger partial charge in [-0.25, -0.2) is 0 Å². The molecule has 0 spiro atoms. The number of hydrogen-bond donors (Lipinski definition) is 2. The molecule has 2 N–H and O–H groups in total. The van der Waals surface area contributed by atoms with Gasteiger partial charge in [-0.3, -0.25) is 14.4 Å². The Morgan fingerprint density at radius 1 is 1.09 bits per heavy atom. The van der Waals surface area contributed by atoms with Gasteiger partial charge in [0.1, 0.15) is 5.75 Å². The predicted octanol–water partition coefficient (Wildman–Crippen LogP) is 3.66. The van der Waals surface area contributed by atoms with E-state index in [1.54, 1.807) is 19.2 Å². The summed E-state index contributed by atoms with van der Waals surface area (Å²) < 4.78 is 5.70. The molecule has 0 aliphatic heterocycles. The van der Waals surface area contributed by atoms with Crippen molar-refractivity contribution in [2.45, 2.75) is 45.7 Å². The minimum absolute atomic E-state index is 0.0536. The molecule has 0 aliphatic rings. The van der Waals surface area contributed by atoms with Crippen LogP contribution < -0.4 is 15.4 Å². The highest BCUT2D eigenvalue weighted by Gasteiger charge is 2.17. The third-order valence-electron chi connectivity index (χ3n) is 5.43. The first-order valence-corrected chi connectivity index (χ1v) is 11.7. The fourth-order valence-corrected chi connectivity index (χ4v) is 3.88. The molecule has 0 saturated carbocycles. The number of carbonyl (C=O) groups is 3. The number of nitrogens with zero attached hydrogens (tertiary/aromatic N) is 1. The van der Waals surface area contributed by atoms with Crippen LogP contribution in [-0.4, -0.2) is 56.8 Å². The number of nitrogens with one attached hydrogen (secondary N) is 2. The Morgan fingerprint density at radius 3 is 2.47 bits per heavy atom. The van der Waals surface area contributed by atoms with Crippen molar-refractivity contribution in [1.82, 2.24) is 15.5 Å². The molecule has 0 aliphatic carbocycles. The molecule has 7 heteroatoms. The average molecular weight is 468 g/mol. The molecule has 2 amide bonds. The number of rotatable bonds is 13. The summed E-state index contributed by atoms with van der Waals surface area (Å²) in [4.78, 5) is 38.0. The first-order valence-electron chi connectivity index (χ1n) is 11.7. The van der Waals surface area contributed by atoms with Gasteiger partial charge >= 0.3 is 0 Å². The third kappa shape index (κ3) is 8.63. The van der Waals surface area contributed by atoms with Crippen LogP contribution in [0.3, 0.4) is 0 Å². The maximum Gasteiger partial charge on any atom is 0.258 e. The summed E-state index contributed by atoms with van der Waals surface area (Å²) in [5.74, 6) is 0.409. The van der Waals surface area contributed by atoms with Crippen molar-refractivity contribution in [2.75, 3.05) is 27.7 Å². The second kappa shape index (κ2) is 13.5. The standard InChI is InChI=1S/C27H37N3O4/c1-19(2)14-23(11-13-26(32)28-3)29-27(33)18-34-25-12-10-20(15-22(25)17-31)24-9-7-6-8-21(24)16-30(4)5/h6-10,12,15,17,19,23H,11,13-14,16,18H2,1-5H3,(H,28,32)(H,29,33)/t23-/m1/s1. The molecule has 0 fully saturated rings. The van der Waals surface area contributed by atoms with Gasteiger partial charge < -0.3 is 20.3 Å². The Morgan fingerprint density at radius 2 is 1.82 bits per heavy atom. The second-order valence-electron chi connectivity index (χ2n) is 9.16. The van der Waals surface area contributed by atoms with Gasteiger partial charge in [0.15, 0.2) is 12.9 Å². The molecule has 2 aromatic carbocycles. The highest BCUT2D eigenvalue weighted by atomic mass is 16.5. The predicted molar refractivity (Wildman–Crippen MR) is 135 cm³/mol. The van der Waals surface area contributed by atoms with Crippen LogP contribution in [0.5, 0.6) is 5.75 Å².